The van der Waals surface area contributed by atoms with Crippen molar-refractivity contribution in [3.05, 3.63) is 151 Å². The number of benzene rings is 8. The highest BCUT2D eigenvalue weighted by atomic mass is 32.1. The molecule has 4 aromatic heterocycles. The van der Waals surface area contributed by atoms with Crippen molar-refractivity contribution in [2.45, 2.75) is 52.4 Å². The second kappa shape index (κ2) is 11.6. The Morgan fingerprint density at radius 3 is 1.82 bits per heavy atom. The quantitative estimate of drug-likeness (QED) is 0.155. The molecule has 0 saturated heterocycles. The zero-order chi connectivity index (χ0) is 41.6. The van der Waals surface area contributed by atoms with E-state index in [2.05, 4.69) is 190 Å². The molecule has 8 aromatic carbocycles. The van der Waals surface area contributed by atoms with Gasteiger partial charge in [-0.05, 0) is 99.1 Å². The Hall–Kier alpha value is -6.76. The third-order valence-electron chi connectivity index (χ3n) is 14.1. The molecule has 0 saturated carbocycles. The van der Waals surface area contributed by atoms with E-state index in [-0.39, 0.29) is 17.7 Å². The second-order valence-electron chi connectivity index (χ2n) is 19.7. The largest absolute Gasteiger partial charge is 0.456 e. The summed E-state index contributed by atoms with van der Waals surface area (Å²) in [7, 11) is 0. The number of aromatic nitrogens is 1. The third kappa shape index (κ3) is 4.52. The lowest BCUT2D eigenvalue weighted by Crippen LogP contribution is -2.60. The van der Waals surface area contributed by atoms with Gasteiger partial charge in [-0.25, -0.2) is 0 Å². The first-order valence-corrected chi connectivity index (χ1v) is 22.6. The molecule has 296 valence electrons. The van der Waals surface area contributed by atoms with Crippen LogP contribution in [0.4, 0.5) is 11.4 Å². The summed E-state index contributed by atoms with van der Waals surface area (Å²) < 4.78 is 18.5. The Morgan fingerprint density at radius 2 is 1.10 bits per heavy atom. The number of furan rings is 2. The average Bonchev–Trinajstić information content (AvgIpc) is 4.01. The van der Waals surface area contributed by atoms with Gasteiger partial charge in [0.1, 0.15) is 22.3 Å². The summed E-state index contributed by atoms with van der Waals surface area (Å²) in [5.74, 6) is 0. The fourth-order valence-corrected chi connectivity index (χ4v) is 12.1. The van der Waals surface area contributed by atoms with Gasteiger partial charge in [0.05, 0.1) is 11.0 Å². The number of thiophene rings is 1. The highest BCUT2D eigenvalue weighted by Crippen LogP contribution is 2.50. The predicted octanol–water partition coefficient (Wildman–Crippen LogP) is 14.8. The summed E-state index contributed by atoms with van der Waals surface area (Å²) in [6, 6.07) is 52.5. The average molecular weight is 817 g/mol. The minimum Gasteiger partial charge on any atom is -0.456 e. The predicted molar refractivity (Wildman–Crippen MR) is 265 cm³/mol. The van der Waals surface area contributed by atoms with E-state index in [4.69, 9.17) is 8.83 Å². The molecule has 0 bridgehead atoms. The number of hydrogen-bond donors (Lipinski definition) is 0. The lowest BCUT2D eigenvalue weighted by molar-refractivity contribution is 0.590. The molecule has 12 aromatic rings. The van der Waals surface area contributed by atoms with Crippen molar-refractivity contribution in [2.24, 2.45) is 0 Å². The maximum absolute atomic E-state index is 6.73. The lowest BCUT2D eigenvalue weighted by atomic mass is 9.44. The Balaban J connectivity index is 1.15. The monoisotopic (exact) mass is 816 g/mol. The first kappa shape index (κ1) is 34.9. The molecule has 0 amide bonds. The zero-order valence-corrected chi connectivity index (χ0v) is 36.3. The van der Waals surface area contributed by atoms with Crippen LogP contribution in [-0.4, -0.2) is 11.4 Å². The molecular weight excluding hydrogens is 776 g/mol. The third-order valence-corrected chi connectivity index (χ3v) is 15.2. The smallest absolute Gasteiger partial charge is 0.333 e. The SMILES string of the molecule is CC(C)(C)c1ccc(N2B3c4cc5oc6ccccc6c5cc4-n4c5cc6oc7ccccc7c6cc5c5ccc(c3c54)-c3cc4sc5cc(C(C)(C)C)ccc5c4cc32)cc1. The van der Waals surface area contributed by atoms with Gasteiger partial charge >= 0.3 is 6.85 Å². The minimum atomic E-state index is -0.134. The molecule has 4 nitrogen and oxygen atoms in total. The van der Waals surface area contributed by atoms with Gasteiger partial charge in [0.2, 0.25) is 0 Å². The maximum Gasteiger partial charge on any atom is 0.333 e. The molecule has 0 atom stereocenters. The highest BCUT2D eigenvalue weighted by molar-refractivity contribution is 7.25. The molecule has 0 aliphatic carbocycles. The lowest BCUT2D eigenvalue weighted by Gasteiger charge is -2.42. The number of para-hydroxylation sites is 2. The maximum atomic E-state index is 6.73. The van der Waals surface area contributed by atoms with Crippen LogP contribution in [0, 0.1) is 0 Å². The van der Waals surface area contributed by atoms with Gasteiger partial charge in [0.15, 0.2) is 0 Å². The molecule has 0 N–H and O–H groups in total. The van der Waals surface area contributed by atoms with E-state index < -0.39 is 0 Å². The van der Waals surface area contributed by atoms with Gasteiger partial charge in [-0.2, -0.15) is 0 Å². The van der Waals surface area contributed by atoms with Crippen LogP contribution in [0.3, 0.4) is 0 Å². The summed E-state index contributed by atoms with van der Waals surface area (Å²) >= 11 is 1.91. The van der Waals surface area contributed by atoms with Crippen LogP contribution in [0.5, 0.6) is 0 Å². The van der Waals surface area contributed by atoms with Gasteiger partial charge in [-0.3, -0.25) is 0 Å². The van der Waals surface area contributed by atoms with E-state index in [1.54, 1.807) is 0 Å². The van der Waals surface area contributed by atoms with Gasteiger partial charge in [0.25, 0.3) is 0 Å². The number of hydrogen-bond acceptors (Lipinski definition) is 4. The summed E-state index contributed by atoms with van der Waals surface area (Å²) in [6.07, 6.45) is 0. The van der Waals surface area contributed by atoms with Gasteiger partial charge in [-0.15, -0.1) is 11.3 Å². The second-order valence-corrected chi connectivity index (χ2v) is 20.8. The summed E-state index contributed by atoms with van der Waals surface area (Å²) in [6.45, 7) is 13.7. The van der Waals surface area contributed by atoms with Gasteiger partial charge < -0.3 is 18.2 Å². The molecule has 2 aliphatic heterocycles. The van der Waals surface area contributed by atoms with Crippen LogP contribution in [0.2, 0.25) is 0 Å². The Bertz CT molecular complexity index is 3960. The van der Waals surface area contributed by atoms with E-state index in [0.717, 1.165) is 49.4 Å². The Labute approximate surface area is 362 Å². The normalized spacial score (nSPS) is 13.9. The molecule has 0 fully saturated rings. The molecule has 0 radical (unpaired) electrons. The van der Waals surface area contributed by atoms with Crippen LogP contribution in [0.15, 0.2) is 148 Å². The van der Waals surface area contributed by atoms with Crippen LogP contribution < -0.4 is 15.7 Å². The topological polar surface area (TPSA) is 34.5 Å². The Kier molecular flexibility index (Phi) is 6.52. The molecule has 0 spiro atoms. The van der Waals surface area contributed by atoms with Crippen molar-refractivity contribution < 1.29 is 8.83 Å². The van der Waals surface area contributed by atoms with Crippen molar-refractivity contribution in [1.82, 2.24) is 4.57 Å². The van der Waals surface area contributed by atoms with E-state index in [1.807, 2.05) is 11.3 Å². The minimum absolute atomic E-state index is 0.0283. The van der Waals surface area contributed by atoms with Crippen LogP contribution in [0.1, 0.15) is 52.7 Å². The van der Waals surface area contributed by atoms with Crippen LogP contribution >= 0.6 is 11.3 Å². The summed E-state index contributed by atoms with van der Waals surface area (Å²) in [5, 5.41) is 9.63. The molecule has 14 rings (SSSR count). The van der Waals surface area contributed by atoms with Crippen molar-refractivity contribution in [3.63, 3.8) is 0 Å². The number of fused-ring (bicyclic) bond motifs is 17. The van der Waals surface area contributed by atoms with E-state index in [1.165, 1.54) is 86.7 Å². The van der Waals surface area contributed by atoms with Crippen LogP contribution in [0.25, 0.3) is 103 Å². The zero-order valence-electron chi connectivity index (χ0n) is 35.5. The molecule has 6 heterocycles. The van der Waals surface area contributed by atoms with E-state index in [9.17, 15) is 0 Å². The van der Waals surface area contributed by atoms with Gasteiger partial charge in [0, 0.05) is 81.2 Å². The molecule has 6 heteroatoms. The van der Waals surface area contributed by atoms with Crippen molar-refractivity contribution in [3.8, 4) is 16.8 Å². The fraction of sp³-hybridized carbons (Fsp3) is 0.143. The number of rotatable bonds is 1. The first-order valence-electron chi connectivity index (χ1n) is 21.8. The molecule has 0 unspecified atom stereocenters. The molecule has 62 heavy (non-hydrogen) atoms. The van der Waals surface area contributed by atoms with E-state index in [0.29, 0.717) is 0 Å². The molecule has 2 aliphatic rings. The van der Waals surface area contributed by atoms with Crippen molar-refractivity contribution in [1.29, 1.82) is 0 Å². The summed E-state index contributed by atoms with van der Waals surface area (Å²) in [4.78, 5) is 2.64. The van der Waals surface area contributed by atoms with Gasteiger partial charge in [-0.1, -0.05) is 114 Å². The van der Waals surface area contributed by atoms with E-state index >= 15 is 0 Å². The fourth-order valence-electron chi connectivity index (χ4n) is 11.0. The standard InChI is InChI=1S/C56H41BN2O2S/c1-55(2,3)30-15-18-32(19-16-30)59-45-26-42-35-20-17-31(56(4,5)6)23-51(35)62-52(42)27-39(45)36-21-22-37-38-24-40-33-11-7-9-13-47(33)61-50(40)29-44(38)58-46-25-41-34-12-8-10-14-48(34)60-49(41)28-43(46)57(59)53(36)54(37)58/h7-29H,1-6H3. The highest BCUT2D eigenvalue weighted by Gasteiger charge is 2.45. The first-order chi connectivity index (χ1) is 30.0. The summed E-state index contributed by atoms with van der Waals surface area (Å²) in [5.41, 5.74) is 17.5. The van der Waals surface area contributed by atoms with Crippen molar-refractivity contribution >= 4 is 126 Å². The number of anilines is 2. The Morgan fingerprint density at radius 1 is 0.468 bits per heavy atom. The van der Waals surface area contributed by atoms with Crippen LogP contribution in [-0.2, 0) is 10.8 Å². The number of nitrogens with zero attached hydrogens (tertiary/aromatic N) is 2. The van der Waals surface area contributed by atoms with Crippen molar-refractivity contribution in [2.75, 3.05) is 4.81 Å². The molecular formula is C56H41BN2O2S.